The maximum Gasteiger partial charge on any atom is 0.257 e. The molecule has 8 bridgehead atoms. The average Bonchev–Trinajstić information content (AvgIpc) is 0.732. The van der Waals surface area contributed by atoms with Gasteiger partial charge < -0.3 is 126 Å². The molecule has 8 aromatic rings. The first kappa shape index (κ1) is 103. The summed E-state index contributed by atoms with van der Waals surface area (Å²) in [6, 6.07) is 51.7. The van der Waals surface area contributed by atoms with Gasteiger partial charge in [0, 0.05) is 145 Å². The molecule has 1 aliphatic rings. The molecule has 0 radical (unpaired) electrons. The highest BCUT2D eigenvalue weighted by atomic mass is 16.5. The van der Waals surface area contributed by atoms with Crippen molar-refractivity contribution in [2.24, 2.45) is 45.9 Å². The van der Waals surface area contributed by atoms with Gasteiger partial charge in [-0.2, -0.15) is 0 Å². The minimum absolute atomic E-state index is 0.0616. The van der Waals surface area contributed by atoms with Crippen LogP contribution in [0.25, 0.3) is 0 Å². The molecule has 0 aliphatic heterocycles. The maximum atomic E-state index is 14.6. The van der Waals surface area contributed by atoms with E-state index in [1.54, 1.807) is 24.3 Å². The first-order valence-corrected chi connectivity index (χ1v) is 46.2. The van der Waals surface area contributed by atoms with E-state index >= 15 is 0 Å². The van der Waals surface area contributed by atoms with E-state index in [0.717, 1.165) is 0 Å². The van der Waals surface area contributed by atoms with Crippen molar-refractivity contribution in [1.82, 2.24) is 42.5 Å². The molecular formula is C100H136N16O16. The lowest BCUT2D eigenvalue weighted by atomic mass is 9.75. The molecule has 0 heterocycles. The van der Waals surface area contributed by atoms with Gasteiger partial charge in [0.15, 0.2) is 52.9 Å². The second-order valence-corrected chi connectivity index (χ2v) is 32.2. The lowest BCUT2D eigenvalue weighted by molar-refractivity contribution is -0.124. The van der Waals surface area contributed by atoms with E-state index in [1.807, 2.05) is 146 Å². The van der Waals surface area contributed by atoms with Crippen LogP contribution in [0.1, 0.15) is 193 Å². The van der Waals surface area contributed by atoms with Crippen molar-refractivity contribution in [3.63, 3.8) is 0 Å². The Morgan fingerprint density at radius 2 is 0.318 bits per heavy atom. The molecule has 24 N–H and O–H groups in total. The number of amides is 8. The molecule has 0 fully saturated rings. The van der Waals surface area contributed by atoms with Crippen LogP contribution in [0.4, 0.5) is 0 Å². The molecule has 8 amide bonds. The molecule has 1 aliphatic carbocycles. The zero-order valence-electron chi connectivity index (χ0n) is 75.9. The van der Waals surface area contributed by atoms with Gasteiger partial charge in [-0.25, -0.2) is 0 Å². The first-order chi connectivity index (χ1) is 64.5. The fraction of sp³-hybridized carbons (Fsp3) is 0.440. The molecule has 8 aromatic carbocycles. The Bertz CT molecular complexity index is 4080. The number of hydrogen-bond donors (Lipinski definition) is 16. The average molecular weight is 1820 g/mol. The fourth-order valence-electron chi connectivity index (χ4n) is 15.4. The summed E-state index contributed by atoms with van der Waals surface area (Å²) in [5, 5.41) is 24.0. The van der Waals surface area contributed by atoms with E-state index in [2.05, 4.69) is 42.5 Å². The number of nitrogens with two attached hydrogens (primary N) is 8. The van der Waals surface area contributed by atoms with Gasteiger partial charge in [0.05, 0.1) is 0 Å². The third-order valence-corrected chi connectivity index (χ3v) is 22.1. The highest BCUT2D eigenvalue weighted by Gasteiger charge is 2.39. The Kier molecular flexibility index (Phi) is 45.7. The van der Waals surface area contributed by atoms with Crippen LogP contribution < -0.4 is 126 Å². The Labute approximate surface area is 774 Å². The van der Waals surface area contributed by atoms with Crippen LogP contribution in [0.3, 0.4) is 0 Å². The molecule has 0 spiro atoms. The predicted molar refractivity (Wildman–Crippen MR) is 510 cm³/mol. The van der Waals surface area contributed by atoms with Gasteiger partial charge in [-0.3, -0.25) is 38.4 Å². The van der Waals surface area contributed by atoms with E-state index < -0.39 is 124 Å². The van der Waals surface area contributed by atoms with Gasteiger partial charge >= 0.3 is 0 Å². The molecule has 0 saturated carbocycles. The number of ether oxygens (including phenoxy) is 8. The third kappa shape index (κ3) is 33.2. The van der Waals surface area contributed by atoms with E-state index in [1.165, 1.54) is 0 Å². The van der Waals surface area contributed by atoms with Crippen molar-refractivity contribution in [2.45, 2.75) is 126 Å². The lowest BCUT2D eigenvalue weighted by Gasteiger charge is -2.32. The second-order valence-electron chi connectivity index (χ2n) is 32.2. The number of nitrogens with one attached hydrogen (secondary N) is 8. The lowest BCUT2D eigenvalue weighted by Crippen LogP contribution is -2.31. The van der Waals surface area contributed by atoms with Crippen LogP contribution in [0, 0.1) is 0 Å². The van der Waals surface area contributed by atoms with Crippen LogP contribution >= 0.6 is 0 Å². The van der Waals surface area contributed by atoms with E-state index in [0.29, 0.717) is 222 Å². The summed E-state index contributed by atoms with van der Waals surface area (Å²) in [4.78, 5) is 117. The standard InChI is InChI=1S/C100H136N16O16/c101-37-13-21-45-109-89(117)61-125-81-57-83(127-63-91(119)111-47-23-15-39-103)75-53-73(81)97(69-29-5-1-6-30-69)74-54-76(84(128-64-92(120)112-48-24-16-40-104)58-82(74)126-62-90(118)110-46-22-14-38-102)99(71-33-9-3-10-34-71)78-56-80(88(132-68-96(124)116-52-28-20-44-108)60-86(78)130-66-94(122)114-50-26-18-42-106)100(72-35-11-4-12-36-72)79-55-77(98(75)70-31-7-2-8-32-70)85(129-65-93(121)113-49-25-17-41-105)59-87(79)131-67-95(123)115-51-27-19-43-107/h1-12,29-36,53-60,97-100H,13-28,37-52,61-68,101-108H2,(H,109,117)(H,110,118)(H,111,119)(H,112,120)(H,113,121)(H,114,122)(H,115,123)(H,116,124). The number of carbonyl (C=O) groups excluding carboxylic acids is 8. The number of rotatable bonds is 60. The van der Waals surface area contributed by atoms with Gasteiger partial charge in [-0.1, -0.05) is 121 Å². The molecule has 32 nitrogen and oxygen atoms in total. The number of carbonyl (C=O) groups is 8. The number of unbranched alkanes of at least 4 members (excludes halogenated alkanes) is 8. The highest BCUT2D eigenvalue weighted by Crippen LogP contribution is 2.55. The van der Waals surface area contributed by atoms with Crippen LogP contribution in [-0.4, -0.2) is 205 Å². The van der Waals surface area contributed by atoms with Crippen LogP contribution in [0.5, 0.6) is 46.0 Å². The maximum absolute atomic E-state index is 14.6. The van der Waals surface area contributed by atoms with Gasteiger partial charge in [0.1, 0.15) is 46.0 Å². The molecule has 132 heavy (non-hydrogen) atoms. The molecule has 0 atom stereocenters. The smallest absolute Gasteiger partial charge is 0.257 e. The van der Waals surface area contributed by atoms with Gasteiger partial charge in [-0.15, -0.1) is 0 Å². The summed E-state index contributed by atoms with van der Waals surface area (Å²) >= 11 is 0. The molecule has 0 aromatic heterocycles. The highest BCUT2D eigenvalue weighted by molar-refractivity contribution is 5.82. The summed E-state index contributed by atoms with van der Waals surface area (Å²) in [5.74, 6) is -8.10. The van der Waals surface area contributed by atoms with Crippen molar-refractivity contribution < 1.29 is 76.3 Å². The summed E-state index contributed by atoms with van der Waals surface area (Å²) < 4.78 is 56.6. The predicted octanol–water partition coefficient (Wildman–Crippen LogP) is 6.59. The zero-order valence-corrected chi connectivity index (χ0v) is 75.9. The Balaban J connectivity index is 1.58. The summed E-state index contributed by atoms with van der Waals surface area (Å²) in [7, 11) is 0. The van der Waals surface area contributed by atoms with Crippen LogP contribution in [0.15, 0.2) is 170 Å². The topological polar surface area (TPSA) is 515 Å². The Hall–Kier alpha value is -12.4. The van der Waals surface area contributed by atoms with Crippen molar-refractivity contribution in [2.75, 3.05) is 158 Å². The number of fused-ring (bicyclic) bond motifs is 8. The number of hydrogen-bond acceptors (Lipinski definition) is 24. The van der Waals surface area contributed by atoms with Gasteiger partial charge in [0.25, 0.3) is 47.3 Å². The van der Waals surface area contributed by atoms with Crippen LogP contribution in [-0.2, 0) is 38.4 Å². The van der Waals surface area contributed by atoms with E-state index in [4.69, 9.17) is 83.8 Å². The van der Waals surface area contributed by atoms with Crippen molar-refractivity contribution in [3.8, 4) is 46.0 Å². The van der Waals surface area contributed by atoms with Gasteiger partial charge in [0.2, 0.25) is 0 Å². The molecule has 712 valence electrons. The summed E-state index contributed by atoms with van der Waals surface area (Å²) in [6.07, 6.45) is 9.52. The fourth-order valence-corrected chi connectivity index (χ4v) is 15.4. The van der Waals surface area contributed by atoms with Crippen molar-refractivity contribution in [1.29, 1.82) is 0 Å². The summed E-state index contributed by atoms with van der Waals surface area (Å²) in [6.45, 7) is 0.669. The normalized spacial score (nSPS) is 13.7. The van der Waals surface area contributed by atoms with Gasteiger partial charge in [-0.05, 0) is 202 Å². The molecule has 0 saturated heterocycles. The molecule has 9 rings (SSSR count). The molecule has 32 heteroatoms. The Morgan fingerprint density at radius 1 is 0.189 bits per heavy atom. The second kappa shape index (κ2) is 58.4. The largest absolute Gasteiger partial charge is 0.483 e. The van der Waals surface area contributed by atoms with E-state index in [-0.39, 0.29) is 98.4 Å². The zero-order chi connectivity index (χ0) is 93.9. The SMILES string of the molecule is NCCCCNC(=O)COc1cc(OCC(=O)NCCCCN)c2cc1C(c1ccccc1)c1cc(c(OCC(=O)NCCCCN)cc1OCC(=O)NCCCCN)C(c1ccccc1)c1cc(c(OCC(=O)NCCCCN)cc1OCC(=O)NCCCCN)C(c1ccccc1)c1cc(c(OCC(=O)NCCCCN)cc1OCC(=O)NCCCCN)C2c1ccccc1. The minimum atomic E-state index is -1.16. The first-order valence-electron chi connectivity index (χ1n) is 46.2. The molecular weight excluding hydrogens is 1680 g/mol. The van der Waals surface area contributed by atoms with Crippen molar-refractivity contribution in [3.05, 3.63) is 237 Å². The minimum Gasteiger partial charge on any atom is -0.483 e. The van der Waals surface area contributed by atoms with E-state index in [9.17, 15) is 38.4 Å². The third-order valence-electron chi connectivity index (χ3n) is 22.1. The molecule has 0 unspecified atom stereocenters. The van der Waals surface area contributed by atoms with Crippen molar-refractivity contribution >= 4 is 47.3 Å². The summed E-state index contributed by atoms with van der Waals surface area (Å²) in [5.41, 5.74) is 52.7. The van der Waals surface area contributed by atoms with Crippen LogP contribution in [0.2, 0.25) is 0 Å². The quantitative estimate of drug-likeness (QED) is 0.0179. The number of benzene rings is 8. The Morgan fingerprint density at radius 3 is 0.439 bits per heavy atom. The monoisotopic (exact) mass is 1820 g/mol.